The predicted molar refractivity (Wildman–Crippen MR) is 79.8 cm³/mol. The molecule has 6 heteroatoms. The van der Waals surface area contributed by atoms with Gasteiger partial charge in [-0.25, -0.2) is 0 Å². The Kier molecular flexibility index (Phi) is 5.89. The second-order valence-electron chi connectivity index (χ2n) is 5.78. The van der Waals surface area contributed by atoms with Crippen molar-refractivity contribution in [3.8, 4) is 0 Å². The molecule has 2 rings (SSSR count). The summed E-state index contributed by atoms with van der Waals surface area (Å²) < 4.78 is 5.14. The van der Waals surface area contributed by atoms with Gasteiger partial charge >= 0.3 is 0 Å². The molecule has 1 fully saturated rings. The number of aliphatic hydroxyl groups is 1. The fourth-order valence-electron chi connectivity index (χ4n) is 3.04. The number of aliphatic hydroxyl groups excluding tert-OH is 1. The van der Waals surface area contributed by atoms with Crippen molar-refractivity contribution in [2.24, 2.45) is 5.41 Å². The van der Waals surface area contributed by atoms with Gasteiger partial charge in [-0.05, 0) is 39.2 Å². The number of aromatic nitrogens is 2. The zero-order chi connectivity index (χ0) is 14.4. The molecule has 1 saturated heterocycles. The van der Waals surface area contributed by atoms with Crippen LogP contribution in [0.2, 0.25) is 0 Å². The summed E-state index contributed by atoms with van der Waals surface area (Å²) in [7, 11) is 1.73. The lowest BCUT2D eigenvalue weighted by atomic mass is 9.77. The highest BCUT2D eigenvalue weighted by molar-refractivity contribution is 7.11. The summed E-state index contributed by atoms with van der Waals surface area (Å²) in [6.07, 6.45) is 4.30. The highest BCUT2D eigenvalue weighted by Crippen LogP contribution is 2.35. The molecule has 1 aliphatic rings. The van der Waals surface area contributed by atoms with Crippen molar-refractivity contribution >= 4 is 11.3 Å². The molecule has 0 aromatic carbocycles. The Balaban J connectivity index is 1.91. The van der Waals surface area contributed by atoms with Gasteiger partial charge in [0, 0.05) is 32.3 Å². The average Bonchev–Trinajstić information content (AvgIpc) is 2.85. The van der Waals surface area contributed by atoms with E-state index in [-0.39, 0.29) is 12.0 Å². The normalized spacial score (nSPS) is 24.1. The van der Waals surface area contributed by atoms with E-state index in [9.17, 15) is 5.11 Å². The number of ether oxygens (including phenoxy) is 1. The summed E-state index contributed by atoms with van der Waals surface area (Å²) in [6.45, 7) is 5.92. The molecule has 114 valence electrons. The zero-order valence-electron chi connectivity index (χ0n) is 12.5. The van der Waals surface area contributed by atoms with Crippen molar-refractivity contribution in [3.63, 3.8) is 0 Å². The van der Waals surface area contributed by atoms with Crippen molar-refractivity contribution in [1.82, 2.24) is 15.1 Å². The van der Waals surface area contributed by atoms with Crippen LogP contribution in [0, 0.1) is 12.3 Å². The number of hydrogen-bond acceptors (Lipinski definition) is 6. The molecule has 20 heavy (non-hydrogen) atoms. The van der Waals surface area contributed by atoms with Gasteiger partial charge in [-0.3, -0.25) is 4.90 Å². The molecule has 0 bridgehead atoms. The van der Waals surface area contributed by atoms with E-state index in [4.69, 9.17) is 4.74 Å². The smallest absolute Gasteiger partial charge is 0.131 e. The van der Waals surface area contributed by atoms with E-state index in [1.165, 1.54) is 0 Å². The molecule has 1 unspecified atom stereocenters. The van der Waals surface area contributed by atoms with E-state index in [2.05, 4.69) is 15.1 Å². The van der Waals surface area contributed by atoms with Crippen LogP contribution in [-0.2, 0) is 11.3 Å². The van der Waals surface area contributed by atoms with Crippen molar-refractivity contribution in [3.05, 3.63) is 10.0 Å². The Bertz CT molecular complexity index is 413. The molecule has 0 aliphatic carbocycles. The summed E-state index contributed by atoms with van der Waals surface area (Å²) >= 11 is 1.66. The van der Waals surface area contributed by atoms with E-state index in [1.54, 1.807) is 18.4 Å². The molecule has 0 amide bonds. The number of piperidine rings is 1. The van der Waals surface area contributed by atoms with Crippen LogP contribution in [0.15, 0.2) is 0 Å². The third-order valence-corrected chi connectivity index (χ3v) is 4.88. The first kappa shape index (κ1) is 15.8. The molecule has 2 heterocycles. The Morgan fingerprint density at radius 2 is 2.30 bits per heavy atom. The lowest BCUT2D eigenvalue weighted by Gasteiger charge is -2.41. The SMILES string of the molecule is COCCCC1(CO)CCCN(Cc2nnc(C)s2)C1. The van der Waals surface area contributed by atoms with Gasteiger partial charge in [0.2, 0.25) is 0 Å². The van der Waals surface area contributed by atoms with Gasteiger partial charge in [-0.15, -0.1) is 21.5 Å². The van der Waals surface area contributed by atoms with Crippen LogP contribution in [0.25, 0.3) is 0 Å². The van der Waals surface area contributed by atoms with Gasteiger partial charge in [0.15, 0.2) is 0 Å². The monoisotopic (exact) mass is 299 g/mol. The minimum atomic E-state index is 0.0382. The van der Waals surface area contributed by atoms with E-state index in [1.807, 2.05) is 6.92 Å². The van der Waals surface area contributed by atoms with Gasteiger partial charge in [-0.1, -0.05) is 0 Å². The number of methoxy groups -OCH3 is 1. The molecule has 1 aromatic rings. The topological polar surface area (TPSA) is 58.5 Å². The van der Waals surface area contributed by atoms with Crippen LogP contribution in [0.1, 0.15) is 35.7 Å². The fourth-order valence-corrected chi connectivity index (χ4v) is 3.79. The number of likely N-dealkylation sites (tertiary alicyclic amines) is 1. The highest BCUT2D eigenvalue weighted by atomic mass is 32.1. The Labute approximate surface area is 125 Å². The van der Waals surface area contributed by atoms with Crippen LogP contribution in [0.5, 0.6) is 0 Å². The number of hydrogen-bond donors (Lipinski definition) is 1. The third-order valence-electron chi connectivity index (χ3n) is 4.06. The lowest BCUT2D eigenvalue weighted by Crippen LogP contribution is -2.45. The first-order valence-electron chi connectivity index (χ1n) is 7.29. The third kappa shape index (κ3) is 4.22. The second-order valence-corrected chi connectivity index (χ2v) is 7.05. The number of aryl methyl sites for hydroxylation is 1. The maximum atomic E-state index is 9.84. The van der Waals surface area contributed by atoms with E-state index in [0.717, 1.165) is 61.9 Å². The Morgan fingerprint density at radius 3 is 2.95 bits per heavy atom. The largest absolute Gasteiger partial charge is 0.396 e. The summed E-state index contributed by atoms with van der Waals surface area (Å²) in [5.41, 5.74) is 0.0382. The van der Waals surface area contributed by atoms with Crippen LogP contribution in [0.3, 0.4) is 0 Å². The molecule has 0 spiro atoms. The van der Waals surface area contributed by atoms with E-state index >= 15 is 0 Å². The van der Waals surface area contributed by atoms with Gasteiger partial charge in [0.25, 0.3) is 0 Å². The van der Waals surface area contributed by atoms with Crippen molar-refractivity contribution in [1.29, 1.82) is 0 Å². The highest BCUT2D eigenvalue weighted by Gasteiger charge is 2.34. The van der Waals surface area contributed by atoms with Crippen molar-refractivity contribution in [2.75, 3.05) is 33.4 Å². The fraction of sp³-hybridized carbons (Fsp3) is 0.857. The first-order valence-corrected chi connectivity index (χ1v) is 8.10. The molecule has 5 nitrogen and oxygen atoms in total. The number of nitrogens with zero attached hydrogens (tertiary/aromatic N) is 3. The molecule has 1 aromatic heterocycles. The zero-order valence-corrected chi connectivity index (χ0v) is 13.3. The first-order chi connectivity index (χ1) is 9.67. The summed E-state index contributed by atoms with van der Waals surface area (Å²) in [4.78, 5) is 2.41. The minimum Gasteiger partial charge on any atom is -0.396 e. The quantitative estimate of drug-likeness (QED) is 0.779. The van der Waals surface area contributed by atoms with Crippen molar-refractivity contribution < 1.29 is 9.84 Å². The second kappa shape index (κ2) is 7.45. The molecular weight excluding hydrogens is 274 g/mol. The van der Waals surface area contributed by atoms with Crippen LogP contribution in [0.4, 0.5) is 0 Å². The molecular formula is C14H25N3O2S. The molecule has 0 saturated carbocycles. The van der Waals surface area contributed by atoms with Crippen LogP contribution < -0.4 is 0 Å². The van der Waals surface area contributed by atoms with Crippen LogP contribution in [-0.4, -0.2) is 53.6 Å². The number of rotatable bonds is 7. The maximum absolute atomic E-state index is 9.84. The summed E-state index contributed by atoms with van der Waals surface area (Å²) in [6, 6.07) is 0. The predicted octanol–water partition coefficient (Wildman–Crippen LogP) is 1.85. The van der Waals surface area contributed by atoms with Gasteiger partial charge in [0.1, 0.15) is 10.0 Å². The van der Waals surface area contributed by atoms with Gasteiger partial charge in [0.05, 0.1) is 6.54 Å². The summed E-state index contributed by atoms with van der Waals surface area (Å²) in [5.74, 6) is 0. The lowest BCUT2D eigenvalue weighted by molar-refractivity contribution is 0.0158. The van der Waals surface area contributed by atoms with Gasteiger partial charge in [-0.2, -0.15) is 0 Å². The Hall–Kier alpha value is -0.560. The van der Waals surface area contributed by atoms with Gasteiger partial charge < -0.3 is 9.84 Å². The molecule has 0 radical (unpaired) electrons. The van der Waals surface area contributed by atoms with E-state index < -0.39 is 0 Å². The van der Waals surface area contributed by atoms with Crippen LogP contribution >= 0.6 is 11.3 Å². The maximum Gasteiger partial charge on any atom is 0.131 e. The minimum absolute atomic E-state index is 0.0382. The summed E-state index contributed by atoms with van der Waals surface area (Å²) in [5, 5.41) is 20.2. The Morgan fingerprint density at radius 1 is 1.45 bits per heavy atom. The molecule has 1 aliphatic heterocycles. The molecule has 1 N–H and O–H groups in total. The van der Waals surface area contributed by atoms with E-state index in [0.29, 0.717) is 0 Å². The average molecular weight is 299 g/mol. The standard InChI is InChI=1S/C14H25N3O2S/c1-12-15-16-13(20-12)9-17-7-3-5-14(10-17,11-18)6-4-8-19-2/h18H,3-11H2,1-2H3. The van der Waals surface area contributed by atoms with Crippen molar-refractivity contribution in [2.45, 2.75) is 39.2 Å². The molecule has 1 atom stereocenters.